The Balaban J connectivity index is 1.29. The second-order valence-corrected chi connectivity index (χ2v) is 8.31. The molecule has 7 nitrogen and oxygen atoms in total. The van der Waals surface area contributed by atoms with E-state index in [1.807, 2.05) is 43.3 Å². The van der Waals surface area contributed by atoms with E-state index in [1.54, 1.807) is 23.1 Å². The van der Waals surface area contributed by atoms with Gasteiger partial charge in [-0.25, -0.2) is 0 Å². The lowest BCUT2D eigenvalue weighted by Crippen LogP contribution is -2.50. The van der Waals surface area contributed by atoms with Gasteiger partial charge in [-0.1, -0.05) is 29.3 Å². The van der Waals surface area contributed by atoms with Crippen molar-refractivity contribution in [3.05, 3.63) is 64.6 Å². The zero-order valence-electron chi connectivity index (χ0n) is 18.2. The first-order valence-corrected chi connectivity index (χ1v) is 11.5. The van der Waals surface area contributed by atoms with Crippen molar-refractivity contribution >= 4 is 34.9 Å². The van der Waals surface area contributed by atoms with E-state index in [0.29, 0.717) is 54.3 Å². The number of piperazine rings is 1. The number of hydrogen-bond acceptors (Lipinski definition) is 6. The summed E-state index contributed by atoms with van der Waals surface area (Å²) in [5.41, 5.74) is 1.46. The number of carbonyl (C=O) groups excluding carboxylic acids is 1. The Hall–Kier alpha value is -3.03. The average molecular weight is 487 g/mol. The maximum Gasteiger partial charge on any atom is 0.260 e. The van der Waals surface area contributed by atoms with Gasteiger partial charge in [0.15, 0.2) is 12.4 Å². The summed E-state index contributed by atoms with van der Waals surface area (Å²) < 4.78 is 11.1. The van der Waals surface area contributed by atoms with E-state index in [0.717, 1.165) is 17.1 Å². The van der Waals surface area contributed by atoms with Gasteiger partial charge in [0, 0.05) is 42.8 Å². The van der Waals surface area contributed by atoms with Crippen LogP contribution in [0.4, 0.5) is 5.82 Å². The number of carbonyl (C=O) groups is 1. The maximum atomic E-state index is 12.6. The lowest BCUT2D eigenvalue weighted by atomic mass is 10.1. The van der Waals surface area contributed by atoms with Gasteiger partial charge in [0.1, 0.15) is 11.5 Å². The van der Waals surface area contributed by atoms with Crippen molar-refractivity contribution < 1.29 is 14.3 Å². The van der Waals surface area contributed by atoms with Gasteiger partial charge in [0.2, 0.25) is 0 Å². The topological polar surface area (TPSA) is 67.8 Å². The fourth-order valence-corrected chi connectivity index (χ4v) is 4.08. The minimum Gasteiger partial charge on any atom is -0.494 e. The monoisotopic (exact) mass is 486 g/mol. The molecule has 0 atom stereocenters. The second-order valence-electron chi connectivity index (χ2n) is 7.47. The van der Waals surface area contributed by atoms with E-state index in [4.69, 9.17) is 32.7 Å². The first-order chi connectivity index (χ1) is 16.0. The zero-order valence-corrected chi connectivity index (χ0v) is 19.7. The first kappa shape index (κ1) is 23.1. The molecule has 1 aliphatic heterocycles. The van der Waals surface area contributed by atoms with Gasteiger partial charge in [-0.3, -0.25) is 4.79 Å². The molecule has 1 aromatic heterocycles. The highest BCUT2D eigenvalue weighted by molar-refractivity contribution is 6.36. The predicted molar refractivity (Wildman–Crippen MR) is 129 cm³/mol. The van der Waals surface area contributed by atoms with Gasteiger partial charge in [-0.15, -0.1) is 10.2 Å². The molecule has 172 valence electrons. The van der Waals surface area contributed by atoms with Crippen LogP contribution in [0.2, 0.25) is 10.0 Å². The average Bonchev–Trinajstić information content (AvgIpc) is 2.83. The number of amides is 1. The number of rotatable bonds is 7. The third-order valence-corrected chi connectivity index (χ3v) is 5.84. The van der Waals surface area contributed by atoms with Crippen molar-refractivity contribution in [2.24, 2.45) is 0 Å². The maximum absolute atomic E-state index is 12.6. The number of aromatic nitrogens is 2. The molecular weight excluding hydrogens is 463 g/mol. The molecule has 0 bridgehead atoms. The number of hydrogen-bond donors (Lipinski definition) is 0. The van der Waals surface area contributed by atoms with Crippen LogP contribution < -0.4 is 14.4 Å². The summed E-state index contributed by atoms with van der Waals surface area (Å²) >= 11 is 12.2. The molecule has 33 heavy (non-hydrogen) atoms. The van der Waals surface area contributed by atoms with Crippen LogP contribution in [-0.4, -0.2) is 60.4 Å². The van der Waals surface area contributed by atoms with Crippen LogP contribution in [0.1, 0.15) is 6.92 Å². The molecule has 0 N–H and O–H groups in total. The Bertz CT molecular complexity index is 1100. The Morgan fingerprint density at radius 3 is 2.36 bits per heavy atom. The molecule has 1 fully saturated rings. The summed E-state index contributed by atoms with van der Waals surface area (Å²) in [5.74, 6) is 2.06. The largest absolute Gasteiger partial charge is 0.494 e. The van der Waals surface area contributed by atoms with Gasteiger partial charge in [-0.05, 0) is 49.4 Å². The predicted octanol–water partition coefficient (Wildman–Crippen LogP) is 4.58. The molecule has 2 aromatic carbocycles. The molecule has 3 aromatic rings. The molecular formula is C24H24Cl2N4O3. The van der Waals surface area contributed by atoms with Crippen molar-refractivity contribution in [3.8, 4) is 22.8 Å². The summed E-state index contributed by atoms with van der Waals surface area (Å²) in [6, 6.07) is 16.4. The number of benzene rings is 2. The molecule has 0 aliphatic carbocycles. The van der Waals surface area contributed by atoms with Crippen LogP contribution in [0.15, 0.2) is 54.6 Å². The van der Waals surface area contributed by atoms with Gasteiger partial charge in [0.25, 0.3) is 5.91 Å². The van der Waals surface area contributed by atoms with E-state index in [1.165, 1.54) is 0 Å². The third-order valence-electron chi connectivity index (χ3n) is 5.29. The summed E-state index contributed by atoms with van der Waals surface area (Å²) in [6.07, 6.45) is 0. The molecule has 1 amide bonds. The first-order valence-electron chi connectivity index (χ1n) is 10.7. The molecule has 1 saturated heterocycles. The fraction of sp³-hybridized carbons (Fsp3) is 0.292. The number of nitrogens with zero attached hydrogens (tertiary/aromatic N) is 4. The molecule has 4 rings (SSSR count). The van der Waals surface area contributed by atoms with Crippen LogP contribution in [0.5, 0.6) is 11.5 Å². The highest BCUT2D eigenvalue weighted by Gasteiger charge is 2.22. The van der Waals surface area contributed by atoms with Crippen molar-refractivity contribution in [1.82, 2.24) is 15.1 Å². The standard InChI is InChI=1S/C24H24Cl2N4O3/c1-2-32-18-4-3-5-19(15-18)33-16-24(31)30-12-10-29(11-13-30)23-9-8-22(27-28-23)20-7-6-17(25)14-21(20)26/h3-9,14-15H,2,10-13,16H2,1H3. The Morgan fingerprint density at radius 1 is 0.939 bits per heavy atom. The van der Waals surface area contributed by atoms with Crippen LogP contribution in [0.3, 0.4) is 0 Å². The SMILES string of the molecule is CCOc1cccc(OCC(=O)N2CCN(c3ccc(-c4ccc(Cl)cc4Cl)nn3)CC2)c1. The van der Waals surface area contributed by atoms with E-state index >= 15 is 0 Å². The van der Waals surface area contributed by atoms with Gasteiger partial charge in [-0.2, -0.15) is 0 Å². The van der Waals surface area contributed by atoms with Gasteiger partial charge >= 0.3 is 0 Å². The Morgan fingerprint density at radius 2 is 1.70 bits per heavy atom. The van der Waals surface area contributed by atoms with Crippen LogP contribution in [0.25, 0.3) is 11.3 Å². The molecule has 0 radical (unpaired) electrons. The Labute approximate surface area is 202 Å². The van der Waals surface area contributed by atoms with Gasteiger partial charge in [0.05, 0.1) is 17.3 Å². The summed E-state index contributed by atoms with van der Waals surface area (Å²) in [4.78, 5) is 16.5. The van der Waals surface area contributed by atoms with Crippen LogP contribution >= 0.6 is 23.2 Å². The minimum atomic E-state index is -0.0460. The second kappa shape index (κ2) is 10.7. The lowest BCUT2D eigenvalue weighted by Gasteiger charge is -2.35. The lowest BCUT2D eigenvalue weighted by molar-refractivity contribution is -0.133. The molecule has 2 heterocycles. The third kappa shape index (κ3) is 5.86. The van der Waals surface area contributed by atoms with E-state index in [9.17, 15) is 4.79 Å². The Kier molecular flexibility index (Phi) is 7.52. The quantitative estimate of drug-likeness (QED) is 0.486. The fourth-order valence-electron chi connectivity index (χ4n) is 3.58. The highest BCUT2D eigenvalue weighted by Crippen LogP contribution is 2.29. The number of ether oxygens (including phenoxy) is 2. The molecule has 9 heteroatoms. The zero-order chi connectivity index (χ0) is 23.2. The minimum absolute atomic E-state index is 0.00800. The normalized spacial score (nSPS) is 13.7. The van der Waals surface area contributed by atoms with E-state index in [-0.39, 0.29) is 12.5 Å². The van der Waals surface area contributed by atoms with Crippen LogP contribution in [-0.2, 0) is 4.79 Å². The molecule has 0 spiro atoms. The molecule has 0 unspecified atom stereocenters. The highest BCUT2D eigenvalue weighted by atomic mass is 35.5. The number of anilines is 1. The molecule has 1 aliphatic rings. The summed E-state index contributed by atoms with van der Waals surface area (Å²) in [7, 11) is 0. The van der Waals surface area contributed by atoms with Crippen molar-refractivity contribution in [2.45, 2.75) is 6.92 Å². The van der Waals surface area contributed by atoms with Crippen molar-refractivity contribution in [3.63, 3.8) is 0 Å². The smallest absolute Gasteiger partial charge is 0.260 e. The summed E-state index contributed by atoms with van der Waals surface area (Å²) in [6.45, 7) is 5.01. The van der Waals surface area contributed by atoms with Crippen LogP contribution in [0, 0.1) is 0 Å². The number of halogens is 2. The summed E-state index contributed by atoms with van der Waals surface area (Å²) in [5, 5.41) is 9.78. The van der Waals surface area contributed by atoms with Crippen molar-refractivity contribution in [1.29, 1.82) is 0 Å². The van der Waals surface area contributed by atoms with Crippen molar-refractivity contribution in [2.75, 3.05) is 44.3 Å². The van der Waals surface area contributed by atoms with Gasteiger partial charge < -0.3 is 19.3 Å². The van der Waals surface area contributed by atoms with E-state index < -0.39 is 0 Å². The molecule has 0 saturated carbocycles. The van der Waals surface area contributed by atoms with E-state index in [2.05, 4.69) is 15.1 Å².